The molecule has 3 aliphatic rings. The van der Waals surface area contributed by atoms with Gasteiger partial charge in [-0.3, -0.25) is 4.31 Å². The molecule has 2 heterocycles. The van der Waals surface area contributed by atoms with Crippen molar-refractivity contribution in [1.82, 2.24) is 0 Å². The molecule has 0 spiro atoms. The zero-order valence-electron chi connectivity index (χ0n) is 18.4. The van der Waals surface area contributed by atoms with Gasteiger partial charge in [-0.2, -0.15) is 0 Å². The fourth-order valence-electron chi connectivity index (χ4n) is 4.67. The summed E-state index contributed by atoms with van der Waals surface area (Å²) in [6.07, 6.45) is 9.98. The van der Waals surface area contributed by atoms with Crippen LogP contribution in [0.4, 0.5) is 11.4 Å². The average Bonchev–Trinajstić information content (AvgIpc) is 3.41. The summed E-state index contributed by atoms with van der Waals surface area (Å²) >= 11 is 1.81. The number of nitrogens with zero attached hydrogens (tertiary/aromatic N) is 1. The van der Waals surface area contributed by atoms with Gasteiger partial charge in [-0.1, -0.05) is 96.6 Å². The van der Waals surface area contributed by atoms with Crippen LogP contribution in [0.3, 0.4) is 0 Å². The largest absolute Gasteiger partial charge is 0.280 e. The minimum Gasteiger partial charge on any atom is -0.280 e. The minimum atomic E-state index is 1.07. The van der Waals surface area contributed by atoms with E-state index in [1.165, 1.54) is 49.7 Å². The van der Waals surface area contributed by atoms with E-state index in [-0.39, 0.29) is 0 Å². The number of hydrogen-bond donors (Lipinski definition) is 0. The van der Waals surface area contributed by atoms with E-state index < -0.39 is 0 Å². The van der Waals surface area contributed by atoms with Crippen molar-refractivity contribution >= 4 is 23.3 Å². The Kier molecular flexibility index (Phi) is 5.37. The summed E-state index contributed by atoms with van der Waals surface area (Å²) in [5.41, 5.74) is 10.4. The van der Waals surface area contributed by atoms with Crippen LogP contribution < -0.4 is 4.31 Å². The molecule has 0 N–H and O–H groups in total. The molecular formula is C31H25NS. The summed E-state index contributed by atoms with van der Waals surface area (Å²) in [6.45, 7) is 0. The van der Waals surface area contributed by atoms with Crippen LogP contribution >= 0.6 is 11.9 Å². The van der Waals surface area contributed by atoms with Crippen molar-refractivity contribution < 1.29 is 0 Å². The van der Waals surface area contributed by atoms with Gasteiger partial charge in [-0.05, 0) is 77.7 Å². The number of para-hydroxylation sites is 1. The Bertz CT molecular complexity index is 1360. The Morgan fingerprint density at radius 3 is 2.27 bits per heavy atom. The summed E-state index contributed by atoms with van der Waals surface area (Å²) in [4.78, 5) is 1.26. The lowest BCUT2D eigenvalue weighted by Gasteiger charge is -2.28. The molecule has 0 saturated heterocycles. The molecule has 0 unspecified atom stereocenters. The first-order valence-electron chi connectivity index (χ1n) is 11.6. The molecule has 1 nitrogen and oxygen atoms in total. The summed E-state index contributed by atoms with van der Waals surface area (Å²) in [5.74, 6) is 0. The molecule has 1 aliphatic carbocycles. The molecule has 2 heteroatoms. The van der Waals surface area contributed by atoms with Crippen LogP contribution in [0.15, 0.2) is 126 Å². The van der Waals surface area contributed by atoms with Gasteiger partial charge in [-0.25, -0.2) is 0 Å². The third kappa shape index (κ3) is 4.03. The number of fused-ring (bicyclic) bond motifs is 3. The second-order valence-electron chi connectivity index (χ2n) is 8.60. The molecule has 0 saturated carbocycles. The topological polar surface area (TPSA) is 3.24 Å². The van der Waals surface area contributed by atoms with Gasteiger partial charge in [0.25, 0.3) is 0 Å². The number of allylic oxidation sites excluding steroid dienone is 4. The smallest absolute Gasteiger partial charge is 0.0607 e. The highest BCUT2D eigenvalue weighted by Crippen LogP contribution is 2.46. The van der Waals surface area contributed by atoms with Crippen LogP contribution in [0.25, 0.3) is 22.3 Å². The van der Waals surface area contributed by atoms with E-state index in [4.69, 9.17) is 0 Å². The quantitative estimate of drug-likeness (QED) is 0.289. The molecule has 33 heavy (non-hydrogen) atoms. The zero-order chi connectivity index (χ0) is 22.0. The van der Waals surface area contributed by atoms with Crippen molar-refractivity contribution in [1.29, 1.82) is 0 Å². The molecule has 4 aromatic rings. The van der Waals surface area contributed by atoms with E-state index in [9.17, 15) is 0 Å². The second-order valence-corrected chi connectivity index (χ2v) is 9.59. The number of benzene rings is 4. The van der Waals surface area contributed by atoms with Gasteiger partial charge in [0, 0.05) is 10.5 Å². The van der Waals surface area contributed by atoms with Crippen molar-refractivity contribution in [3.8, 4) is 22.3 Å². The predicted octanol–water partition coefficient (Wildman–Crippen LogP) is 9.00. The molecule has 0 radical (unpaired) electrons. The van der Waals surface area contributed by atoms with Crippen LogP contribution in [0.5, 0.6) is 0 Å². The first kappa shape index (κ1) is 20.1. The first-order chi connectivity index (χ1) is 16.3. The van der Waals surface area contributed by atoms with Crippen LogP contribution in [0.1, 0.15) is 18.4 Å². The van der Waals surface area contributed by atoms with Crippen LogP contribution in [0.2, 0.25) is 0 Å². The summed E-state index contributed by atoms with van der Waals surface area (Å²) in [5, 5.41) is 0. The maximum absolute atomic E-state index is 2.41. The first-order valence-corrected chi connectivity index (χ1v) is 12.3. The summed E-state index contributed by atoms with van der Waals surface area (Å²) in [6, 6.07) is 35.5. The molecule has 2 bridgehead atoms. The Morgan fingerprint density at radius 1 is 0.697 bits per heavy atom. The SMILES string of the molecule is C1=CCC(CCc2cccc(N3Sc4ccccc4-c4ccc(cc4)-c4ccccc43)c2)=C1. The van der Waals surface area contributed by atoms with Gasteiger partial charge in [0.1, 0.15) is 0 Å². The van der Waals surface area contributed by atoms with Gasteiger partial charge in [-0.15, -0.1) is 0 Å². The van der Waals surface area contributed by atoms with Gasteiger partial charge in [0.15, 0.2) is 0 Å². The Balaban J connectivity index is 1.45. The van der Waals surface area contributed by atoms with Crippen LogP contribution in [-0.2, 0) is 6.42 Å². The summed E-state index contributed by atoms with van der Waals surface area (Å²) < 4.78 is 2.41. The third-order valence-corrected chi connectivity index (χ3v) is 7.58. The Labute approximate surface area is 200 Å². The van der Waals surface area contributed by atoms with E-state index in [1.54, 1.807) is 0 Å². The molecule has 2 aliphatic heterocycles. The fraction of sp³-hybridized carbons (Fsp3) is 0.0968. The normalized spacial score (nSPS) is 14.1. The standard InChI is InChI=1S/C31H25NS/c1-2-9-23(8-1)16-17-24-10-7-11-27(22-24)32-30-14-5-3-12-28(30)25-18-20-26(21-19-25)29-13-4-6-15-31(29)33-32/h1-8,10-15,18-22H,9,16-17H2. The highest BCUT2D eigenvalue weighted by molar-refractivity contribution is 8.01. The zero-order valence-corrected chi connectivity index (χ0v) is 19.3. The molecule has 4 aromatic carbocycles. The van der Waals surface area contributed by atoms with E-state index >= 15 is 0 Å². The van der Waals surface area contributed by atoms with E-state index in [0.29, 0.717) is 0 Å². The van der Waals surface area contributed by atoms with Crippen LogP contribution in [-0.4, -0.2) is 0 Å². The molecule has 7 rings (SSSR count). The van der Waals surface area contributed by atoms with Gasteiger partial charge in [0.05, 0.1) is 11.4 Å². The van der Waals surface area contributed by atoms with Crippen molar-refractivity contribution in [2.75, 3.05) is 4.31 Å². The van der Waals surface area contributed by atoms with Gasteiger partial charge < -0.3 is 0 Å². The second kappa shape index (κ2) is 8.80. The molecule has 0 amide bonds. The fourth-order valence-corrected chi connectivity index (χ4v) is 5.77. The third-order valence-electron chi connectivity index (χ3n) is 6.43. The predicted molar refractivity (Wildman–Crippen MR) is 142 cm³/mol. The number of hydrogen-bond acceptors (Lipinski definition) is 2. The van der Waals surface area contributed by atoms with Crippen molar-refractivity contribution in [3.63, 3.8) is 0 Å². The molecule has 0 atom stereocenters. The maximum Gasteiger partial charge on any atom is 0.0607 e. The molecule has 160 valence electrons. The number of aryl methyl sites for hydroxylation is 1. The van der Waals surface area contributed by atoms with E-state index in [0.717, 1.165) is 19.3 Å². The lowest BCUT2D eigenvalue weighted by molar-refractivity contribution is 0.919. The Morgan fingerprint density at radius 2 is 1.45 bits per heavy atom. The molecular weight excluding hydrogens is 418 g/mol. The monoisotopic (exact) mass is 443 g/mol. The Hall–Kier alpha value is -3.49. The van der Waals surface area contributed by atoms with Gasteiger partial charge >= 0.3 is 0 Å². The van der Waals surface area contributed by atoms with Gasteiger partial charge in [0.2, 0.25) is 0 Å². The lowest BCUT2D eigenvalue weighted by Crippen LogP contribution is -2.09. The summed E-state index contributed by atoms with van der Waals surface area (Å²) in [7, 11) is 0. The number of anilines is 2. The number of rotatable bonds is 4. The lowest BCUT2D eigenvalue weighted by atomic mass is 9.99. The molecule has 0 fully saturated rings. The van der Waals surface area contributed by atoms with E-state index in [1.807, 2.05) is 11.9 Å². The maximum atomic E-state index is 2.41. The highest BCUT2D eigenvalue weighted by atomic mass is 32.2. The van der Waals surface area contributed by atoms with Crippen molar-refractivity contribution in [2.45, 2.75) is 24.2 Å². The van der Waals surface area contributed by atoms with Crippen LogP contribution in [0, 0.1) is 0 Å². The minimum absolute atomic E-state index is 1.07. The molecule has 0 aromatic heterocycles. The van der Waals surface area contributed by atoms with E-state index in [2.05, 4.69) is 120 Å². The van der Waals surface area contributed by atoms with Crippen molar-refractivity contribution in [2.24, 2.45) is 0 Å². The van der Waals surface area contributed by atoms with Crippen molar-refractivity contribution in [3.05, 3.63) is 126 Å². The highest BCUT2D eigenvalue weighted by Gasteiger charge is 2.20. The average molecular weight is 444 g/mol.